The summed E-state index contributed by atoms with van der Waals surface area (Å²) in [5, 5.41) is 0. The van der Waals surface area contributed by atoms with E-state index in [1.54, 1.807) is 6.07 Å². The van der Waals surface area contributed by atoms with Gasteiger partial charge in [-0.05, 0) is 66.7 Å². The second-order valence-corrected chi connectivity index (χ2v) is 8.95. The van der Waals surface area contributed by atoms with Crippen LogP contribution in [-0.2, 0) is 9.74 Å². The third-order valence-electron chi connectivity index (χ3n) is 6.81. The van der Waals surface area contributed by atoms with Crippen molar-refractivity contribution in [2.24, 2.45) is 11.7 Å². The molecule has 3 fully saturated rings. The lowest BCUT2D eigenvalue weighted by Crippen LogP contribution is -2.57. The minimum absolute atomic E-state index is 0.0944. The summed E-state index contributed by atoms with van der Waals surface area (Å²) in [6, 6.07) is 6.90. The maximum Gasteiger partial charge on any atom is 0.260 e. The van der Waals surface area contributed by atoms with Gasteiger partial charge in [0.2, 0.25) is 0 Å². The highest BCUT2D eigenvalue weighted by molar-refractivity contribution is 5.86. The molecule has 2 aliphatic carbocycles. The second-order valence-electron chi connectivity index (χ2n) is 8.95. The molecule has 1 aromatic carbocycles. The van der Waals surface area contributed by atoms with Gasteiger partial charge in [-0.1, -0.05) is 45.2 Å². The first-order chi connectivity index (χ1) is 15.4. The van der Waals surface area contributed by atoms with Crippen LogP contribution in [0, 0.1) is 11.7 Å². The zero-order valence-corrected chi connectivity index (χ0v) is 19.5. The summed E-state index contributed by atoms with van der Waals surface area (Å²) in [6.45, 7) is 4.61. The van der Waals surface area contributed by atoms with Gasteiger partial charge in [-0.3, -0.25) is 4.79 Å². The molecule has 0 bridgehead atoms. The monoisotopic (exact) mass is 456 g/mol. The number of nitrogens with zero attached hydrogens (tertiary/aromatic N) is 1. The van der Waals surface area contributed by atoms with Gasteiger partial charge in [-0.2, -0.15) is 4.94 Å². The van der Waals surface area contributed by atoms with Gasteiger partial charge in [-0.15, -0.1) is 0 Å². The lowest BCUT2D eigenvalue weighted by molar-refractivity contribution is -0.163. The first-order valence-electron chi connectivity index (χ1n) is 12.2. The molecular formula is C25H39F3N2O2. The lowest BCUT2D eigenvalue weighted by Gasteiger charge is -2.42. The van der Waals surface area contributed by atoms with E-state index in [2.05, 4.69) is 11.0 Å². The van der Waals surface area contributed by atoms with E-state index < -0.39 is 11.6 Å². The molecule has 32 heavy (non-hydrogen) atoms. The van der Waals surface area contributed by atoms with Crippen LogP contribution in [0.15, 0.2) is 24.3 Å². The van der Waals surface area contributed by atoms with E-state index >= 15 is 0 Å². The van der Waals surface area contributed by atoms with E-state index in [0.29, 0.717) is 31.7 Å². The Hall–Kier alpha value is -1.60. The molecule has 1 heterocycles. The normalized spacial score (nSPS) is 24.9. The molecule has 3 aliphatic rings. The Balaban J connectivity index is 0.000000217. The van der Waals surface area contributed by atoms with Crippen LogP contribution in [0.25, 0.3) is 0 Å². The Morgan fingerprint density at radius 2 is 1.84 bits per heavy atom. The van der Waals surface area contributed by atoms with Gasteiger partial charge in [0.15, 0.2) is 5.67 Å². The minimum Gasteiger partial charge on any atom is -0.339 e. The molecule has 0 radical (unpaired) electrons. The van der Waals surface area contributed by atoms with Gasteiger partial charge < -0.3 is 10.6 Å². The summed E-state index contributed by atoms with van der Waals surface area (Å²) in [7, 11) is 0. The number of rotatable bonds is 4. The first-order valence-corrected chi connectivity index (χ1v) is 12.2. The number of carbonyl (C=O) groups is 1. The SMILES string of the molecule is CC.Fc1cccc(C2CCCCC2)c1.NC1CCN(C(=O)C2(F)CCC2)C[C@H]1COF. The Labute approximate surface area is 190 Å². The Kier molecular flexibility index (Phi) is 11.0. The summed E-state index contributed by atoms with van der Waals surface area (Å²) in [4.78, 5) is 17.0. The zero-order chi connectivity index (χ0) is 23.6. The van der Waals surface area contributed by atoms with Gasteiger partial charge in [0.25, 0.3) is 5.91 Å². The van der Waals surface area contributed by atoms with Crippen molar-refractivity contribution in [1.29, 1.82) is 0 Å². The number of hydrogen-bond acceptors (Lipinski definition) is 3. The van der Waals surface area contributed by atoms with Crippen molar-refractivity contribution < 1.29 is 23.0 Å². The molecule has 1 amide bonds. The molecule has 1 aliphatic heterocycles. The second kappa shape index (κ2) is 13.2. The predicted octanol–water partition coefficient (Wildman–Crippen LogP) is 5.86. The van der Waals surface area contributed by atoms with Crippen molar-refractivity contribution >= 4 is 5.91 Å². The van der Waals surface area contributed by atoms with Crippen LogP contribution < -0.4 is 5.73 Å². The van der Waals surface area contributed by atoms with E-state index in [1.165, 1.54) is 48.6 Å². The van der Waals surface area contributed by atoms with Gasteiger partial charge in [-0.25, -0.2) is 8.78 Å². The van der Waals surface area contributed by atoms with Crippen molar-refractivity contribution in [2.45, 2.75) is 89.3 Å². The van der Waals surface area contributed by atoms with Crippen LogP contribution >= 0.6 is 0 Å². The fourth-order valence-corrected chi connectivity index (χ4v) is 4.67. The van der Waals surface area contributed by atoms with Crippen molar-refractivity contribution in [3.8, 4) is 0 Å². The van der Waals surface area contributed by atoms with E-state index in [0.717, 1.165) is 6.42 Å². The fraction of sp³-hybridized carbons (Fsp3) is 0.720. The molecule has 0 aromatic heterocycles. The van der Waals surface area contributed by atoms with E-state index in [4.69, 9.17) is 5.73 Å². The number of piperidine rings is 1. The summed E-state index contributed by atoms with van der Waals surface area (Å²) in [6.07, 6.45) is 8.38. The molecule has 182 valence electrons. The van der Waals surface area contributed by atoms with Gasteiger partial charge in [0.1, 0.15) is 5.82 Å². The quantitative estimate of drug-likeness (QED) is 0.618. The number of likely N-dealkylation sites (tertiary alicyclic amines) is 1. The van der Waals surface area contributed by atoms with Crippen LogP contribution in [0.3, 0.4) is 0 Å². The van der Waals surface area contributed by atoms with E-state index in [9.17, 15) is 18.1 Å². The Bertz CT molecular complexity index is 694. The maximum atomic E-state index is 14.0. The third-order valence-corrected chi connectivity index (χ3v) is 6.81. The molecule has 2 N–H and O–H groups in total. The van der Waals surface area contributed by atoms with Crippen LogP contribution in [0.4, 0.5) is 13.3 Å². The van der Waals surface area contributed by atoms with Crippen LogP contribution in [0.2, 0.25) is 0 Å². The highest BCUT2D eigenvalue weighted by atomic mass is 19.3. The van der Waals surface area contributed by atoms with E-state index in [1.807, 2.05) is 19.9 Å². The number of carbonyl (C=O) groups excluding carboxylic acids is 1. The molecule has 2 atom stereocenters. The van der Waals surface area contributed by atoms with E-state index in [-0.39, 0.29) is 30.9 Å². The number of nitrogens with two attached hydrogens (primary N) is 1. The lowest BCUT2D eigenvalue weighted by atomic mass is 9.80. The predicted molar refractivity (Wildman–Crippen MR) is 121 cm³/mol. The third kappa shape index (κ3) is 7.20. The van der Waals surface area contributed by atoms with Gasteiger partial charge >= 0.3 is 0 Å². The molecule has 1 aromatic rings. The largest absolute Gasteiger partial charge is 0.339 e. The Morgan fingerprint density at radius 1 is 1.16 bits per heavy atom. The highest BCUT2D eigenvalue weighted by Gasteiger charge is 2.48. The average molecular weight is 457 g/mol. The topological polar surface area (TPSA) is 55.6 Å². The number of halogens is 3. The summed E-state index contributed by atoms with van der Waals surface area (Å²) in [5.74, 6) is -0.187. The number of hydrogen-bond donors (Lipinski definition) is 1. The van der Waals surface area contributed by atoms with Gasteiger partial charge in [0, 0.05) is 25.0 Å². The van der Waals surface area contributed by atoms with Crippen LogP contribution in [-0.4, -0.2) is 42.2 Å². The maximum absolute atomic E-state index is 14.0. The summed E-state index contributed by atoms with van der Waals surface area (Å²) in [5.41, 5.74) is 5.32. The Morgan fingerprint density at radius 3 is 2.41 bits per heavy atom. The number of amides is 1. The van der Waals surface area contributed by atoms with Crippen molar-refractivity contribution in [1.82, 2.24) is 4.90 Å². The van der Waals surface area contributed by atoms with Crippen molar-refractivity contribution in [3.05, 3.63) is 35.6 Å². The molecule has 7 heteroatoms. The van der Waals surface area contributed by atoms with Gasteiger partial charge in [0.05, 0.1) is 6.61 Å². The molecule has 4 nitrogen and oxygen atoms in total. The first kappa shape index (κ1) is 26.7. The molecule has 0 spiro atoms. The zero-order valence-electron chi connectivity index (χ0n) is 19.5. The minimum atomic E-state index is -1.68. The summed E-state index contributed by atoms with van der Waals surface area (Å²) < 4.78 is 38.7. The molecule has 1 unspecified atom stereocenters. The summed E-state index contributed by atoms with van der Waals surface area (Å²) >= 11 is 0. The van der Waals surface area contributed by atoms with Crippen LogP contribution in [0.1, 0.15) is 83.1 Å². The number of benzene rings is 1. The molecule has 1 saturated heterocycles. The molecule has 2 saturated carbocycles. The highest BCUT2D eigenvalue weighted by Crippen LogP contribution is 2.38. The average Bonchev–Trinajstić information content (AvgIpc) is 2.81. The van der Waals surface area contributed by atoms with Crippen molar-refractivity contribution in [3.63, 3.8) is 0 Å². The smallest absolute Gasteiger partial charge is 0.260 e. The van der Waals surface area contributed by atoms with Crippen molar-refractivity contribution in [2.75, 3.05) is 19.7 Å². The molecular weight excluding hydrogens is 417 g/mol. The standard InChI is InChI=1S/C12H15F.C11H18F2N2O2.C2H6/c13-12-8-4-7-11(9-12)10-5-2-1-3-6-10;12-11(3-1-4-11)10(16)15-5-2-9(14)8(6-15)7-17-13;1-2/h4,7-10H,1-3,5-6H2;8-9H,1-7,14H2;1-2H3/t;8-,9?;/m.0./s1. The fourth-order valence-electron chi connectivity index (χ4n) is 4.67. The van der Waals surface area contributed by atoms with Crippen LogP contribution in [0.5, 0.6) is 0 Å². The number of alkyl halides is 1. The molecule has 4 rings (SSSR count).